The van der Waals surface area contributed by atoms with Crippen LogP contribution in [0.1, 0.15) is 21.5 Å². The lowest BCUT2D eigenvalue weighted by Gasteiger charge is -2.16. The van der Waals surface area contributed by atoms with Gasteiger partial charge in [-0.3, -0.25) is 4.79 Å². The van der Waals surface area contributed by atoms with Gasteiger partial charge in [0.25, 0.3) is 5.91 Å². The van der Waals surface area contributed by atoms with Crippen LogP contribution in [-0.2, 0) is 6.42 Å². The molecular weight excluding hydrogens is 291 g/mol. The van der Waals surface area contributed by atoms with Crippen molar-refractivity contribution in [3.05, 3.63) is 77.2 Å². The van der Waals surface area contributed by atoms with Crippen molar-refractivity contribution in [1.29, 1.82) is 0 Å². The normalized spacial score (nSPS) is 12.4. The predicted octanol–water partition coefficient (Wildman–Crippen LogP) is 4.20. The summed E-state index contributed by atoms with van der Waals surface area (Å²) < 4.78 is 12.9. The second-order valence-corrected chi connectivity index (χ2v) is 5.46. The number of halogens is 1. The number of nitrogens with one attached hydrogen (secondary N) is 1. The number of hydrogen-bond acceptors (Lipinski definition) is 2. The van der Waals surface area contributed by atoms with Gasteiger partial charge in [0.2, 0.25) is 0 Å². The lowest BCUT2D eigenvalue weighted by atomic mass is 9.90. The average molecular weight is 304 g/mol. The van der Waals surface area contributed by atoms with Crippen LogP contribution in [-0.4, -0.2) is 10.9 Å². The SMILES string of the molecule is O=C(Nc1ccc(F)cn1)c1ccc2cccc3c2c1C=CC3. The minimum atomic E-state index is -0.434. The van der Waals surface area contributed by atoms with Crippen LogP contribution < -0.4 is 5.32 Å². The van der Waals surface area contributed by atoms with Crippen molar-refractivity contribution < 1.29 is 9.18 Å². The van der Waals surface area contributed by atoms with E-state index in [0.717, 1.165) is 29.0 Å². The highest BCUT2D eigenvalue weighted by molar-refractivity contribution is 6.11. The van der Waals surface area contributed by atoms with Crippen LogP contribution >= 0.6 is 0 Å². The van der Waals surface area contributed by atoms with Crippen LogP contribution in [0.4, 0.5) is 10.2 Å². The lowest BCUT2D eigenvalue weighted by molar-refractivity contribution is 0.102. The van der Waals surface area contributed by atoms with Crippen molar-refractivity contribution in [1.82, 2.24) is 4.98 Å². The van der Waals surface area contributed by atoms with Gasteiger partial charge in [-0.2, -0.15) is 0 Å². The first kappa shape index (κ1) is 13.6. The fourth-order valence-electron chi connectivity index (χ4n) is 2.96. The van der Waals surface area contributed by atoms with Crippen molar-refractivity contribution in [2.24, 2.45) is 0 Å². The molecule has 4 heteroatoms. The van der Waals surface area contributed by atoms with Crippen molar-refractivity contribution in [2.45, 2.75) is 6.42 Å². The standard InChI is InChI=1S/C19H13FN2O/c20-14-8-10-17(21-11-14)22-19(23)16-9-7-13-4-1-3-12-5-2-6-15(16)18(12)13/h1-4,6-11H,5H2,(H,21,22,23). The van der Waals surface area contributed by atoms with Crippen molar-refractivity contribution in [3.63, 3.8) is 0 Å². The highest BCUT2D eigenvalue weighted by Gasteiger charge is 2.17. The van der Waals surface area contributed by atoms with Crippen molar-refractivity contribution in [3.8, 4) is 0 Å². The Morgan fingerprint density at radius 1 is 1.13 bits per heavy atom. The quantitative estimate of drug-likeness (QED) is 0.771. The van der Waals surface area contributed by atoms with E-state index in [1.807, 2.05) is 30.3 Å². The molecule has 23 heavy (non-hydrogen) atoms. The molecule has 1 amide bonds. The average Bonchev–Trinajstić information content (AvgIpc) is 2.58. The van der Waals surface area contributed by atoms with Crippen LogP contribution in [0.25, 0.3) is 16.8 Å². The molecule has 0 atom stereocenters. The van der Waals surface area contributed by atoms with E-state index in [0.29, 0.717) is 11.4 Å². The van der Waals surface area contributed by atoms with Gasteiger partial charge >= 0.3 is 0 Å². The number of rotatable bonds is 2. The van der Waals surface area contributed by atoms with E-state index in [9.17, 15) is 9.18 Å². The summed E-state index contributed by atoms with van der Waals surface area (Å²) in [7, 11) is 0. The van der Waals surface area contributed by atoms with Gasteiger partial charge in [0.15, 0.2) is 0 Å². The zero-order valence-electron chi connectivity index (χ0n) is 12.2. The number of benzene rings is 2. The summed E-state index contributed by atoms with van der Waals surface area (Å²) in [5.41, 5.74) is 2.73. The molecule has 1 aliphatic rings. The molecule has 0 spiro atoms. The number of aromatic nitrogens is 1. The molecule has 0 fully saturated rings. The Hall–Kier alpha value is -3.01. The largest absolute Gasteiger partial charge is 0.307 e. The maximum atomic E-state index is 12.9. The number of anilines is 1. The van der Waals surface area contributed by atoms with E-state index in [4.69, 9.17) is 0 Å². The maximum absolute atomic E-state index is 12.9. The molecule has 4 rings (SSSR count). The maximum Gasteiger partial charge on any atom is 0.257 e. The number of allylic oxidation sites excluding steroid dienone is 1. The highest BCUT2D eigenvalue weighted by Crippen LogP contribution is 2.31. The fraction of sp³-hybridized carbons (Fsp3) is 0.0526. The van der Waals surface area contributed by atoms with Crippen LogP contribution in [0, 0.1) is 5.82 Å². The van der Waals surface area contributed by atoms with Gasteiger partial charge in [-0.15, -0.1) is 0 Å². The molecule has 0 saturated heterocycles. The minimum Gasteiger partial charge on any atom is -0.307 e. The summed E-state index contributed by atoms with van der Waals surface area (Å²) in [6.45, 7) is 0. The third-order valence-corrected chi connectivity index (χ3v) is 4.01. The topological polar surface area (TPSA) is 42.0 Å². The molecular formula is C19H13FN2O. The van der Waals surface area contributed by atoms with Gasteiger partial charge in [0.05, 0.1) is 6.20 Å². The molecule has 3 aromatic rings. The first-order valence-electron chi connectivity index (χ1n) is 7.36. The monoisotopic (exact) mass is 304 g/mol. The van der Waals surface area contributed by atoms with Crippen molar-refractivity contribution >= 4 is 28.6 Å². The Morgan fingerprint density at radius 2 is 2.04 bits per heavy atom. The summed E-state index contributed by atoms with van der Waals surface area (Å²) >= 11 is 0. The summed E-state index contributed by atoms with van der Waals surface area (Å²) in [6, 6.07) is 12.6. The summed E-state index contributed by atoms with van der Waals surface area (Å²) in [5.74, 6) is -0.351. The molecule has 0 saturated carbocycles. The molecule has 1 N–H and O–H groups in total. The molecule has 0 aliphatic heterocycles. The summed E-state index contributed by atoms with van der Waals surface area (Å²) in [6.07, 6.45) is 6.00. The Bertz CT molecular complexity index is 945. The van der Waals surface area contributed by atoms with E-state index < -0.39 is 5.82 Å². The number of pyridine rings is 1. The molecule has 1 aliphatic carbocycles. The number of hydrogen-bond donors (Lipinski definition) is 1. The molecule has 112 valence electrons. The molecule has 0 unspecified atom stereocenters. The van der Waals surface area contributed by atoms with E-state index >= 15 is 0 Å². The van der Waals surface area contributed by atoms with Gasteiger partial charge < -0.3 is 5.32 Å². The number of carbonyl (C=O) groups excluding carboxylic acids is 1. The smallest absolute Gasteiger partial charge is 0.257 e. The summed E-state index contributed by atoms with van der Waals surface area (Å²) in [5, 5.41) is 4.96. The summed E-state index contributed by atoms with van der Waals surface area (Å²) in [4.78, 5) is 16.4. The molecule has 2 aromatic carbocycles. The van der Waals surface area contributed by atoms with Crippen LogP contribution in [0.15, 0.2) is 54.7 Å². The zero-order chi connectivity index (χ0) is 15.8. The van der Waals surface area contributed by atoms with Gasteiger partial charge in [-0.25, -0.2) is 9.37 Å². The Labute approximate surface area is 132 Å². The van der Waals surface area contributed by atoms with E-state index in [-0.39, 0.29) is 5.91 Å². The minimum absolute atomic E-state index is 0.248. The second-order valence-electron chi connectivity index (χ2n) is 5.46. The van der Waals surface area contributed by atoms with E-state index in [2.05, 4.69) is 22.4 Å². The first-order chi connectivity index (χ1) is 11.2. The predicted molar refractivity (Wildman–Crippen MR) is 88.8 cm³/mol. The second kappa shape index (κ2) is 5.32. The number of carbonyl (C=O) groups is 1. The fourth-order valence-corrected chi connectivity index (χ4v) is 2.96. The van der Waals surface area contributed by atoms with Gasteiger partial charge in [0.1, 0.15) is 11.6 Å². The number of nitrogens with zero attached hydrogens (tertiary/aromatic N) is 1. The third-order valence-electron chi connectivity index (χ3n) is 4.01. The van der Waals surface area contributed by atoms with Crippen LogP contribution in [0.3, 0.4) is 0 Å². The van der Waals surface area contributed by atoms with Crippen LogP contribution in [0.2, 0.25) is 0 Å². The molecule has 0 radical (unpaired) electrons. The van der Waals surface area contributed by atoms with Crippen LogP contribution in [0.5, 0.6) is 0 Å². The Balaban J connectivity index is 1.77. The molecule has 0 bridgehead atoms. The molecule has 1 aromatic heterocycles. The first-order valence-corrected chi connectivity index (χ1v) is 7.36. The highest BCUT2D eigenvalue weighted by atomic mass is 19.1. The van der Waals surface area contributed by atoms with E-state index in [1.54, 1.807) is 0 Å². The van der Waals surface area contributed by atoms with Gasteiger partial charge in [-0.1, -0.05) is 36.4 Å². The van der Waals surface area contributed by atoms with Gasteiger partial charge in [0, 0.05) is 5.56 Å². The van der Waals surface area contributed by atoms with E-state index in [1.165, 1.54) is 17.7 Å². The third kappa shape index (κ3) is 2.38. The number of amides is 1. The Morgan fingerprint density at radius 3 is 2.87 bits per heavy atom. The van der Waals surface area contributed by atoms with Crippen molar-refractivity contribution in [2.75, 3.05) is 5.32 Å². The molecule has 3 nitrogen and oxygen atoms in total. The van der Waals surface area contributed by atoms with Gasteiger partial charge in [-0.05, 0) is 46.5 Å². The lowest BCUT2D eigenvalue weighted by Crippen LogP contribution is -2.15. The zero-order valence-corrected chi connectivity index (χ0v) is 12.2. The Kier molecular flexibility index (Phi) is 3.15. The molecule has 1 heterocycles.